The average molecular weight is 1060 g/mol. The minimum absolute atomic E-state index is 0.718. The molecule has 3 aromatic carbocycles. The molecule has 0 radical (unpaired) electrons. The maximum atomic E-state index is 11.7. The first-order valence-electron chi connectivity index (χ1n) is 25.8. The maximum absolute atomic E-state index is 11.7. The average Bonchev–Trinajstić information content (AvgIpc) is 4.30. The SMILES string of the molecule is CCCCCCOc1ccc(N(c2ccc(OCCCCCC)cc2)c2ccc(-c3ccc(-c4nc(-c5ccc(-c6ccc(C=O)s6)s5)c(-c5ccc(-c6ccc(C=O)s6)s5)n4CCCCCC)s3)cc2)cc1. The smallest absolute Gasteiger partial charge is 0.160 e. The summed E-state index contributed by atoms with van der Waals surface area (Å²) >= 11 is 8.28. The number of benzene rings is 3. The number of hydrogen-bond donors (Lipinski definition) is 0. The molecule has 0 saturated heterocycles. The van der Waals surface area contributed by atoms with E-state index in [1.165, 1.54) is 72.5 Å². The van der Waals surface area contributed by atoms with Gasteiger partial charge in [-0.25, -0.2) is 4.98 Å². The van der Waals surface area contributed by atoms with E-state index < -0.39 is 0 Å². The van der Waals surface area contributed by atoms with Gasteiger partial charge in [-0.3, -0.25) is 9.59 Å². The zero-order valence-electron chi connectivity index (χ0n) is 42.0. The van der Waals surface area contributed by atoms with Crippen molar-refractivity contribution >= 4 is 86.3 Å². The summed E-state index contributed by atoms with van der Waals surface area (Å²) in [6.07, 6.45) is 15.7. The lowest BCUT2D eigenvalue weighted by atomic mass is 10.1. The highest BCUT2D eigenvalue weighted by molar-refractivity contribution is 7.25. The van der Waals surface area contributed by atoms with Crippen LogP contribution in [-0.4, -0.2) is 35.3 Å². The molecule has 0 saturated carbocycles. The zero-order valence-corrected chi connectivity index (χ0v) is 46.1. The number of carbonyl (C=O) groups excluding carboxylic acids is 2. The largest absolute Gasteiger partial charge is 0.494 e. The summed E-state index contributed by atoms with van der Waals surface area (Å²) < 4.78 is 14.8. The van der Waals surface area contributed by atoms with Gasteiger partial charge in [0.1, 0.15) is 17.2 Å². The lowest BCUT2D eigenvalue weighted by Crippen LogP contribution is -2.10. The van der Waals surface area contributed by atoms with Crippen molar-refractivity contribution in [2.75, 3.05) is 18.1 Å². The van der Waals surface area contributed by atoms with E-state index in [0.29, 0.717) is 0 Å². The molecule has 9 rings (SSSR count). The number of imidazole rings is 1. The van der Waals surface area contributed by atoms with Crippen molar-refractivity contribution in [1.82, 2.24) is 9.55 Å². The summed E-state index contributed by atoms with van der Waals surface area (Å²) in [5.41, 5.74) is 6.36. The third kappa shape index (κ3) is 12.9. The number of rotatable bonds is 28. The number of aromatic nitrogens is 2. The first kappa shape index (κ1) is 52.0. The molecule has 12 heteroatoms. The molecule has 6 heterocycles. The van der Waals surface area contributed by atoms with Gasteiger partial charge in [-0.2, -0.15) is 0 Å². The fourth-order valence-electron chi connectivity index (χ4n) is 8.93. The molecule has 0 aliphatic heterocycles. The molecular formula is C61H63N3O4S5. The van der Waals surface area contributed by atoms with Gasteiger partial charge >= 0.3 is 0 Å². The quantitative estimate of drug-likeness (QED) is 0.0359. The van der Waals surface area contributed by atoms with Crippen LogP contribution in [0.3, 0.4) is 0 Å². The molecule has 0 bridgehead atoms. The lowest BCUT2D eigenvalue weighted by molar-refractivity contribution is 0.111. The summed E-state index contributed by atoms with van der Waals surface area (Å²) in [5, 5.41) is 0. The predicted octanol–water partition coefficient (Wildman–Crippen LogP) is 19.8. The van der Waals surface area contributed by atoms with Gasteiger partial charge in [-0.15, -0.1) is 56.7 Å². The monoisotopic (exact) mass is 1060 g/mol. The second-order valence-electron chi connectivity index (χ2n) is 18.2. The van der Waals surface area contributed by atoms with Crippen molar-refractivity contribution in [2.24, 2.45) is 0 Å². The molecule has 9 aromatic rings. The minimum atomic E-state index is 0.718. The third-order valence-corrected chi connectivity index (χ3v) is 18.5. The molecule has 73 heavy (non-hydrogen) atoms. The van der Waals surface area contributed by atoms with Crippen LogP contribution in [0.25, 0.3) is 61.8 Å². The van der Waals surface area contributed by atoms with Crippen LogP contribution < -0.4 is 14.4 Å². The fourth-order valence-corrected chi connectivity index (χ4v) is 13.8. The Bertz CT molecular complexity index is 3090. The number of aldehydes is 2. The first-order valence-corrected chi connectivity index (χ1v) is 29.9. The minimum Gasteiger partial charge on any atom is -0.494 e. The van der Waals surface area contributed by atoms with E-state index in [1.54, 1.807) is 34.0 Å². The summed E-state index contributed by atoms with van der Waals surface area (Å²) in [4.78, 5) is 41.5. The Balaban J connectivity index is 1.05. The van der Waals surface area contributed by atoms with E-state index in [1.807, 2.05) is 24.3 Å². The molecule has 0 N–H and O–H groups in total. The van der Waals surface area contributed by atoms with Gasteiger partial charge in [-0.05, 0) is 146 Å². The summed E-state index contributed by atoms with van der Waals surface area (Å²) in [6.45, 7) is 9.01. The molecular weight excluding hydrogens is 999 g/mol. The topological polar surface area (TPSA) is 73.7 Å². The molecule has 0 amide bonds. The van der Waals surface area contributed by atoms with Gasteiger partial charge < -0.3 is 18.9 Å². The number of thiophene rings is 5. The van der Waals surface area contributed by atoms with Crippen molar-refractivity contribution < 1.29 is 19.1 Å². The maximum Gasteiger partial charge on any atom is 0.160 e. The van der Waals surface area contributed by atoms with Crippen LogP contribution in [0, 0.1) is 0 Å². The van der Waals surface area contributed by atoms with Crippen molar-refractivity contribution in [3.8, 4) is 73.3 Å². The summed E-state index contributed by atoms with van der Waals surface area (Å²) in [7, 11) is 0. The highest BCUT2D eigenvalue weighted by Crippen LogP contribution is 2.48. The van der Waals surface area contributed by atoms with E-state index in [-0.39, 0.29) is 0 Å². The normalized spacial score (nSPS) is 11.3. The van der Waals surface area contributed by atoms with E-state index in [9.17, 15) is 9.59 Å². The molecule has 0 unspecified atom stereocenters. The number of unbranched alkanes of at least 4 members (excludes halogenated alkanes) is 9. The molecule has 0 atom stereocenters. The number of ether oxygens (including phenoxy) is 2. The third-order valence-electron chi connectivity index (χ3n) is 12.8. The summed E-state index contributed by atoms with van der Waals surface area (Å²) in [6, 6.07) is 46.9. The number of hydrogen-bond acceptors (Lipinski definition) is 11. The van der Waals surface area contributed by atoms with Gasteiger partial charge in [0.15, 0.2) is 18.4 Å². The Labute approximate surface area is 450 Å². The van der Waals surface area contributed by atoms with Crippen LogP contribution in [0.5, 0.6) is 11.5 Å². The second-order valence-corrected chi connectivity index (χ2v) is 23.6. The van der Waals surface area contributed by atoms with E-state index in [0.717, 1.165) is 160 Å². The van der Waals surface area contributed by atoms with Crippen molar-refractivity contribution in [3.05, 3.63) is 143 Å². The van der Waals surface area contributed by atoms with Crippen LogP contribution in [0.1, 0.15) is 117 Å². The van der Waals surface area contributed by atoms with Gasteiger partial charge in [0.05, 0.1) is 43.3 Å². The van der Waals surface area contributed by atoms with Crippen molar-refractivity contribution in [3.63, 3.8) is 0 Å². The molecule has 7 nitrogen and oxygen atoms in total. The molecule has 0 spiro atoms. The van der Waals surface area contributed by atoms with E-state index >= 15 is 0 Å². The van der Waals surface area contributed by atoms with Crippen LogP contribution in [0.4, 0.5) is 17.1 Å². The number of anilines is 3. The molecule has 0 aliphatic carbocycles. The van der Waals surface area contributed by atoms with E-state index in [2.05, 4.69) is 139 Å². The Kier molecular flexibility index (Phi) is 18.4. The van der Waals surface area contributed by atoms with Gasteiger partial charge in [0.2, 0.25) is 0 Å². The zero-order chi connectivity index (χ0) is 50.4. The molecule has 376 valence electrons. The van der Waals surface area contributed by atoms with Crippen LogP contribution in [-0.2, 0) is 6.54 Å². The Morgan fingerprint density at radius 3 is 1.38 bits per heavy atom. The predicted molar refractivity (Wildman–Crippen MR) is 313 cm³/mol. The number of nitrogens with zero attached hydrogens (tertiary/aromatic N) is 3. The summed E-state index contributed by atoms with van der Waals surface area (Å²) in [5.74, 6) is 2.74. The standard InChI is InChI=1S/C61H63N3O4S5/c1-4-7-10-13-38-63-60(57-36-34-55(73-57)53-31-29-50(42-66)70-53)59(56-35-33-54(72-56)52-30-28-49(41-65)69-52)62-61(63)58-37-32-51(71-58)43-16-18-44(19-17-43)64(45-20-24-47(25-21-45)67-39-14-11-8-5-2)46-22-26-48(27-23-46)68-40-15-12-9-6-3/h16-37,41-42H,4-15,38-40H2,1-3H3. The van der Waals surface area contributed by atoms with Gasteiger partial charge in [-0.1, -0.05) is 90.7 Å². The first-order chi connectivity index (χ1) is 36.0. The molecule has 0 fully saturated rings. The van der Waals surface area contributed by atoms with E-state index in [4.69, 9.17) is 14.5 Å². The van der Waals surface area contributed by atoms with Gasteiger partial charge in [0.25, 0.3) is 0 Å². The second kappa shape index (κ2) is 25.9. The highest BCUT2D eigenvalue weighted by Gasteiger charge is 2.26. The Morgan fingerprint density at radius 1 is 0.438 bits per heavy atom. The Morgan fingerprint density at radius 2 is 0.863 bits per heavy atom. The highest BCUT2D eigenvalue weighted by atomic mass is 32.1. The fraction of sp³-hybridized carbons (Fsp3) is 0.295. The van der Waals surface area contributed by atoms with Crippen LogP contribution >= 0.6 is 56.7 Å². The van der Waals surface area contributed by atoms with Crippen LogP contribution in [0.15, 0.2) is 133 Å². The molecule has 0 aliphatic rings. The van der Waals surface area contributed by atoms with Crippen molar-refractivity contribution in [1.29, 1.82) is 0 Å². The molecule has 6 aromatic heterocycles. The van der Waals surface area contributed by atoms with Crippen molar-refractivity contribution in [2.45, 2.75) is 104 Å². The lowest BCUT2D eigenvalue weighted by Gasteiger charge is -2.26. The number of carbonyl (C=O) groups is 2. The van der Waals surface area contributed by atoms with Crippen LogP contribution in [0.2, 0.25) is 0 Å². The van der Waals surface area contributed by atoms with Gasteiger partial charge in [0, 0.05) is 48.0 Å². The Hall–Kier alpha value is -5.89.